The van der Waals surface area contributed by atoms with Crippen LogP contribution in [0.5, 0.6) is 0 Å². The minimum absolute atomic E-state index is 0.0875. The van der Waals surface area contributed by atoms with E-state index in [-0.39, 0.29) is 41.7 Å². The van der Waals surface area contributed by atoms with Crippen LogP contribution in [0.3, 0.4) is 0 Å². The van der Waals surface area contributed by atoms with Gasteiger partial charge in [0, 0.05) is 23.8 Å². The van der Waals surface area contributed by atoms with Crippen LogP contribution in [0.1, 0.15) is 24.0 Å². The number of carbonyl (C=O) groups is 3. The van der Waals surface area contributed by atoms with Gasteiger partial charge in [0.05, 0.1) is 18.4 Å². The summed E-state index contributed by atoms with van der Waals surface area (Å²) in [6.45, 7) is 0.287. The first kappa shape index (κ1) is 18.0. The molecule has 0 bridgehead atoms. The molecule has 1 saturated heterocycles. The summed E-state index contributed by atoms with van der Waals surface area (Å²) in [5.74, 6) is -0.352. The van der Waals surface area contributed by atoms with Gasteiger partial charge in [-0.15, -0.1) is 0 Å². The van der Waals surface area contributed by atoms with Crippen molar-refractivity contribution in [3.8, 4) is 0 Å². The molecule has 0 aromatic heterocycles. The molecule has 2 aliphatic rings. The Balaban J connectivity index is 1.52. The summed E-state index contributed by atoms with van der Waals surface area (Å²) in [4.78, 5) is 39.5. The Labute approximate surface area is 162 Å². The first-order valence-electron chi connectivity index (χ1n) is 9.20. The topological polar surface area (TPSA) is 54.5 Å². The summed E-state index contributed by atoms with van der Waals surface area (Å²) >= 11 is 1.62. The minimum Gasteiger partial charge on any atom is -0.300 e. The number of rotatable bonds is 5. The lowest BCUT2D eigenvalue weighted by Crippen LogP contribution is -2.37. The van der Waals surface area contributed by atoms with Gasteiger partial charge in [0.15, 0.2) is 0 Å². The maximum atomic E-state index is 13.1. The average molecular weight is 379 g/mol. The highest BCUT2D eigenvalue weighted by atomic mass is 32.2. The van der Waals surface area contributed by atoms with E-state index in [9.17, 15) is 14.4 Å². The fourth-order valence-electron chi connectivity index (χ4n) is 3.99. The van der Waals surface area contributed by atoms with E-state index >= 15 is 0 Å². The second kappa shape index (κ2) is 7.69. The first-order valence-corrected chi connectivity index (χ1v) is 10.2. The van der Waals surface area contributed by atoms with E-state index in [1.807, 2.05) is 60.7 Å². The molecule has 5 heteroatoms. The third kappa shape index (κ3) is 3.69. The molecule has 1 aliphatic heterocycles. The van der Waals surface area contributed by atoms with Crippen LogP contribution in [0, 0.1) is 11.8 Å². The highest BCUT2D eigenvalue weighted by molar-refractivity contribution is 7.99. The molecule has 1 saturated carbocycles. The predicted octanol–water partition coefficient (Wildman–Crippen LogP) is 3.45. The van der Waals surface area contributed by atoms with Crippen LogP contribution < -0.4 is 0 Å². The van der Waals surface area contributed by atoms with Crippen molar-refractivity contribution in [2.24, 2.45) is 11.8 Å². The summed E-state index contributed by atoms with van der Waals surface area (Å²) in [7, 11) is 0. The van der Waals surface area contributed by atoms with Gasteiger partial charge in [0.1, 0.15) is 5.78 Å². The van der Waals surface area contributed by atoms with E-state index < -0.39 is 5.92 Å². The number of benzene rings is 2. The number of nitrogens with zero attached hydrogens (tertiary/aromatic N) is 1. The molecular formula is C22H21NO3S. The van der Waals surface area contributed by atoms with Crippen molar-refractivity contribution in [3.05, 3.63) is 71.8 Å². The molecule has 0 spiro atoms. The van der Waals surface area contributed by atoms with Crippen molar-refractivity contribution in [2.45, 2.75) is 30.4 Å². The maximum Gasteiger partial charge on any atom is 0.234 e. The number of thioether (sulfide) groups is 1. The van der Waals surface area contributed by atoms with E-state index in [0.717, 1.165) is 16.9 Å². The summed E-state index contributed by atoms with van der Waals surface area (Å²) in [6.07, 6.45) is 0.569. The van der Waals surface area contributed by atoms with Crippen LogP contribution in [0.15, 0.2) is 60.7 Å². The van der Waals surface area contributed by atoms with Gasteiger partial charge in [-0.3, -0.25) is 19.3 Å². The zero-order valence-corrected chi connectivity index (χ0v) is 15.7. The largest absolute Gasteiger partial charge is 0.300 e. The van der Waals surface area contributed by atoms with Crippen molar-refractivity contribution >= 4 is 29.4 Å². The lowest BCUT2D eigenvalue weighted by Gasteiger charge is -2.29. The molecule has 27 heavy (non-hydrogen) atoms. The third-order valence-electron chi connectivity index (χ3n) is 5.34. The molecule has 4 rings (SSSR count). The van der Waals surface area contributed by atoms with Crippen molar-refractivity contribution in [1.82, 2.24) is 4.90 Å². The van der Waals surface area contributed by atoms with Gasteiger partial charge in [-0.25, -0.2) is 0 Å². The average Bonchev–Trinajstić information content (AvgIpc) is 2.92. The molecule has 1 heterocycles. The van der Waals surface area contributed by atoms with Crippen molar-refractivity contribution in [3.63, 3.8) is 0 Å². The van der Waals surface area contributed by atoms with Gasteiger partial charge >= 0.3 is 0 Å². The fraction of sp³-hybridized carbons (Fsp3) is 0.318. The molecule has 0 radical (unpaired) electrons. The smallest absolute Gasteiger partial charge is 0.234 e. The molecule has 3 atom stereocenters. The van der Waals surface area contributed by atoms with Crippen LogP contribution in [0.2, 0.25) is 0 Å². The number of carbonyl (C=O) groups excluding carboxylic acids is 3. The molecule has 2 aromatic carbocycles. The number of amides is 2. The van der Waals surface area contributed by atoms with Gasteiger partial charge in [-0.1, -0.05) is 60.7 Å². The Morgan fingerprint density at radius 2 is 1.44 bits per heavy atom. The lowest BCUT2D eigenvalue weighted by molar-refractivity contribution is -0.140. The Kier molecular flexibility index (Phi) is 5.12. The number of hydrogen-bond donors (Lipinski definition) is 0. The molecular weight excluding hydrogens is 358 g/mol. The Morgan fingerprint density at radius 3 is 2.11 bits per heavy atom. The van der Waals surface area contributed by atoms with E-state index in [0.29, 0.717) is 6.42 Å². The fourth-order valence-corrected chi connectivity index (χ4v) is 5.40. The Bertz CT molecular complexity index is 852. The van der Waals surface area contributed by atoms with Crippen LogP contribution in [-0.4, -0.2) is 27.7 Å². The molecule has 0 N–H and O–H groups in total. The zero-order chi connectivity index (χ0) is 18.8. The van der Waals surface area contributed by atoms with Gasteiger partial charge in [-0.05, 0) is 11.1 Å². The van der Waals surface area contributed by atoms with E-state index in [1.54, 1.807) is 11.8 Å². The maximum absolute atomic E-state index is 13.1. The number of imide groups is 1. The monoisotopic (exact) mass is 379 g/mol. The third-order valence-corrected chi connectivity index (χ3v) is 6.72. The Hall–Kier alpha value is -2.40. The van der Waals surface area contributed by atoms with E-state index in [2.05, 4.69) is 0 Å². The SMILES string of the molecule is O=C1C[C@H](SCc2ccccc2)[C@@H]2C(=O)N(Cc3ccccc3)C(=O)[C@@H]2C1. The van der Waals surface area contributed by atoms with Crippen LogP contribution >= 0.6 is 11.8 Å². The second-order valence-corrected chi connectivity index (χ2v) is 8.39. The van der Waals surface area contributed by atoms with Gasteiger partial charge in [-0.2, -0.15) is 11.8 Å². The van der Waals surface area contributed by atoms with Gasteiger partial charge in [0.25, 0.3) is 0 Å². The molecule has 2 fully saturated rings. The molecule has 2 aromatic rings. The highest BCUT2D eigenvalue weighted by Crippen LogP contribution is 2.43. The standard InChI is InChI=1S/C22H21NO3S/c24-17-11-18-20(19(12-17)27-14-16-9-5-2-6-10-16)22(26)23(21(18)25)13-15-7-3-1-4-8-15/h1-10,18-20H,11-14H2/t18-,19+,20-/m1/s1. The van der Waals surface area contributed by atoms with E-state index in [4.69, 9.17) is 0 Å². The molecule has 0 unspecified atom stereocenters. The van der Waals surface area contributed by atoms with Crippen molar-refractivity contribution in [2.75, 3.05) is 0 Å². The highest BCUT2D eigenvalue weighted by Gasteiger charge is 2.54. The quantitative estimate of drug-likeness (QED) is 0.747. The zero-order valence-electron chi connectivity index (χ0n) is 14.9. The number of likely N-dealkylation sites (tertiary alicyclic amines) is 1. The summed E-state index contributed by atoms with van der Waals surface area (Å²) in [5, 5.41) is -0.131. The van der Waals surface area contributed by atoms with Crippen LogP contribution in [0.4, 0.5) is 0 Å². The molecule has 2 amide bonds. The predicted molar refractivity (Wildman–Crippen MR) is 105 cm³/mol. The summed E-state index contributed by atoms with van der Waals surface area (Å²) in [5.41, 5.74) is 2.09. The lowest BCUT2D eigenvalue weighted by atomic mass is 9.80. The van der Waals surface area contributed by atoms with Gasteiger partial charge in [0.2, 0.25) is 11.8 Å². The molecule has 1 aliphatic carbocycles. The van der Waals surface area contributed by atoms with Gasteiger partial charge < -0.3 is 0 Å². The normalized spacial score (nSPS) is 25.0. The van der Waals surface area contributed by atoms with Crippen molar-refractivity contribution < 1.29 is 14.4 Å². The number of ketones is 1. The number of Topliss-reactive ketones (excluding diaryl/α,β-unsaturated/α-hetero) is 1. The van der Waals surface area contributed by atoms with Crippen molar-refractivity contribution in [1.29, 1.82) is 0 Å². The first-order chi connectivity index (χ1) is 13.1. The van der Waals surface area contributed by atoms with Crippen LogP contribution in [-0.2, 0) is 26.7 Å². The van der Waals surface area contributed by atoms with Crippen LogP contribution in [0.25, 0.3) is 0 Å². The Morgan fingerprint density at radius 1 is 0.815 bits per heavy atom. The molecule has 138 valence electrons. The number of hydrogen-bond acceptors (Lipinski definition) is 4. The second-order valence-electron chi connectivity index (χ2n) is 7.16. The van der Waals surface area contributed by atoms with E-state index in [1.165, 1.54) is 4.90 Å². The summed E-state index contributed by atoms with van der Waals surface area (Å²) in [6, 6.07) is 19.5. The molecule has 4 nitrogen and oxygen atoms in total. The summed E-state index contributed by atoms with van der Waals surface area (Å²) < 4.78 is 0. The minimum atomic E-state index is -0.490. The number of fused-ring (bicyclic) bond motifs is 1.